The van der Waals surface area contributed by atoms with Gasteiger partial charge in [-0.2, -0.15) is 26.3 Å². The Morgan fingerprint density at radius 2 is 1.80 bits per heavy atom. The number of carboxylic acid groups (broad SMARTS) is 1. The van der Waals surface area contributed by atoms with Gasteiger partial charge < -0.3 is 15.9 Å². The van der Waals surface area contributed by atoms with E-state index < -0.39 is 41.0 Å². The van der Waals surface area contributed by atoms with Gasteiger partial charge in [-0.05, 0) is 18.6 Å². The lowest BCUT2D eigenvalue weighted by molar-refractivity contribution is -0.265. The lowest BCUT2D eigenvalue weighted by Crippen LogP contribution is -2.49. The quantitative estimate of drug-likeness (QED) is 0.546. The number of nitrogens with two attached hydrogens (primary N) is 1. The van der Waals surface area contributed by atoms with Gasteiger partial charge in [0.1, 0.15) is 0 Å². The minimum atomic E-state index is -5.57. The van der Waals surface area contributed by atoms with Crippen molar-refractivity contribution in [3.63, 3.8) is 0 Å². The van der Waals surface area contributed by atoms with Crippen LogP contribution >= 0.6 is 0 Å². The molecule has 2 heterocycles. The number of aromatic nitrogens is 3. The second kappa shape index (κ2) is 6.58. The molecule has 30 heavy (non-hydrogen) atoms. The van der Waals surface area contributed by atoms with Crippen LogP contribution in [0.4, 0.5) is 32.2 Å². The first-order chi connectivity index (χ1) is 13.7. The van der Waals surface area contributed by atoms with Crippen molar-refractivity contribution in [3.8, 4) is 11.3 Å². The van der Waals surface area contributed by atoms with Crippen molar-refractivity contribution < 1.29 is 41.4 Å². The van der Waals surface area contributed by atoms with E-state index in [0.29, 0.717) is 6.20 Å². The van der Waals surface area contributed by atoms with E-state index in [-0.39, 0.29) is 22.5 Å². The Kier molecular flexibility index (Phi) is 4.69. The Bertz CT molecular complexity index is 1150. The van der Waals surface area contributed by atoms with Crippen molar-refractivity contribution >= 4 is 17.4 Å². The lowest BCUT2D eigenvalue weighted by Gasteiger charge is -2.27. The van der Waals surface area contributed by atoms with Gasteiger partial charge in [0, 0.05) is 17.3 Å². The predicted octanol–water partition coefficient (Wildman–Crippen LogP) is 3.14. The fourth-order valence-electron chi connectivity index (χ4n) is 2.88. The lowest BCUT2D eigenvalue weighted by atomic mass is 9.89. The molecule has 0 saturated carbocycles. The Morgan fingerprint density at radius 1 is 1.17 bits per heavy atom. The van der Waals surface area contributed by atoms with Gasteiger partial charge in [0.2, 0.25) is 0 Å². The molecule has 0 amide bonds. The van der Waals surface area contributed by atoms with Gasteiger partial charge in [0.15, 0.2) is 17.2 Å². The molecule has 1 unspecified atom stereocenters. The second-order valence-corrected chi connectivity index (χ2v) is 6.39. The number of rotatable bonds is 3. The topological polar surface area (TPSA) is 114 Å². The molecule has 1 aromatic carbocycles. The van der Waals surface area contributed by atoms with E-state index in [0.717, 1.165) is 28.8 Å². The molecule has 0 spiro atoms. The molecule has 0 aliphatic heterocycles. The third-order valence-corrected chi connectivity index (χ3v) is 4.46. The van der Waals surface area contributed by atoms with Crippen molar-refractivity contribution in [2.45, 2.75) is 24.9 Å². The summed E-state index contributed by atoms with van der Waals surface area (Å²) in [6, 6.07) is 2.59. The molecule has 0 saturated heterocycles. The summed E-state index contributed by atoms with van der Waals surface area (Å²) in [5, 5.41) is 18.9. The summed E-state index contributed by atoms with van der Waals surface area (Å²) in [4.78, 5) is 18.3. The first-order valence-corrected chi connectivity index (χ1v) is 8.02. The molecule has 0 fully saturated rings. The second-order valence-electron chi connectivity index (χ2n) is 6.39. The van der Waals surface area contributed by atoms with E-state index in [2.05, 4.69) is 9.97 Å². The SMILES string of the molecule is Cc1ccc(C(O)(C(=O)O)C(F)(F)F)cc1-c1cnc2c(N)nc(C(F)(F)F)cn12. The molecule has 0 aliphatic rings. The third-order valence-electron chi connectivity index (χ3n) is 4.46. The number of aliphatic carboxylic acids is 1. The number of alkyl halides is 6. The molecule has 0 aliphatic carbocycles. The molecule has 3 rings (SSSR count). The summed E-state index contributed by atoms with van der Waals surface area (Å²) in [6.07, 6.45) is -8.82. The molecular formula is C17H12F6N4O3. The van der Waals surface area contributed by atoms with Crippen LogP contribution in [0.15, 0.2) is 30.6 Å². The van der Waals surface area contributed by atoms with Gasteiger partial charge in [-0.25, -0.2) is 14.8 Å². The highest BCUT2D eigenvalue weighted by Crippen LogP contribution is 2.41. The normalized spacial score (nSPS) is 14.7. The highest BCUT2D eigenvalue weighted by molar-refractivity contribution is 5.82. The number of nitrogens with zero attached hydrogens (tertiary/aromatic N) is 3. The molecule has 1 atom stereocenters. The van der Waals surface area contributed by atoms with Crippen LogP contribution in [0.3, 0.4) is 0 Å². The molecule has 4 N–H and O–H groups in total. The maximum atomic E-state index is 13.3. The summed E-state index contributed by atoms with van der Waals surface area (Å²) < 4.78 is 80.0. The number of nitrogen functional groups attached to an aromatic ring is 1. The number of carbonyl (C=O) groups is 1. The number of aliphatic hydroxyl groups is 1. The summed E-state index contributed by atoms with van der Waals surface area (Å²) in [5.41, 5.74) is -1.22. The number of halogens is 6. The molecule has 3 aromatic rings. The smallest absolute Gasteiger partial charge is 0.434 e. The number of hydrogen-bond donors (Lipinski definition) is 3. The fourth-order valence-corrected chi connectivity index (χ4v) is 2.88. The zero-order chi connectivity index (χ0) is 22.6. The molecule has 7 nitrogen and oxygen atoms in total. The highest BCUT2D eigenvalue weighted by Gasteiger charge is 2.61. The number of benzene rings is 1. The number of fused-ring (bicyclic) bond motifs is 1. The van der Waals surface area contributed by atoms with Crippen LogP contribution in [0.5, 0.6) is 0 Å². The Morgan fingerprint density at radius 3 is 2.33 bits per heavy atom. The fraction of sp³-hybridized carbons (Fsp3) is 0.235. The highest BCUT2D eigenvalue weighted by atomic mass is 19.4. The van der Waals surface area contributed by atoms with Crippen molar-refractivity contribution in [1.82, 2.24) is 14.4 Å². The van der Waals surface area contributed by atoms with Crippen molar-refractivity contribution in [1.29, 1.82) is 0 Å². The zero-order valence-electron chi connectivity index (χ0n) is 14.9. The van der Waals surface area contributed by atoms with Crippen LogP contribution in [0, 0.1) is 6.92 Å². The average Bonchev–Trinajstić information content (AvgIpc) is 3.04. The first-order valence-electron chi connectivity index (χ1n) is 8.02. The van der Waals surface area contributed by atoms with E-state index in [1.54, 1.807) is 0 Å². The largest absolute Gasteiger partial charge is 0.479 e. The molecule has 13 heteroatoms. The van der Waals surface area contributed by atoms with Crippen LogP contribution in [-0.2, 0) is 16.6 Å². The molecule has 2 aromatic heterocycles. The molecule has 0 radical (unpaired) electrons. The number of imidazole rings is 1. The molecule has 0 bridgehead atoms. The number of hydrogen-bond acceptors (Lipinski definition) is 5. The Hall–Kier alpha value is -3.35. The summed E-state index contributed by atoms with van der Waals surface area (Å²) >= 11 is 0. The molecule has 160 valence electrons. The third kappa shape index (κ3) is 3.20. The van der Waals surface area contributed by atoms with E-state index in [4.69, 9.17) is 10.8 Å². The van der Waals surface area contributed by atoms with E-state index >= 15 is 0 Å². The van der Waals surface area contributed by atoms with Gasteiger partial charge >= 0.3 is 18.3 Å². The first kappa shape index (κ1) is 21.4. The van der Waals surface area contributed by atoms with Crippen LogP contribution in [0.2, 0.25) is 0 Å². The van der Waals surface area contributed by atoms with E-state index in [1.807, 2.05) is 0 Å². The standard InChI is InChI=1S/C17H12F6N4O3/c1-7-2-3-8(15(30,14(28)29)17(21,22)23)4-9(7)10-5-25-13-12(24)26-11(6-27(10)13)16(18,19)20/h2-6,30H,1H3,(H2,24,26)(H,28,29). The minimum Gasteiger partial charge on any atom is -0.479 e. The Labute approximate surface area is 163 Å². The number of anilines is 1. The van der Waals surface area contributed by atoms with Gasteiger partial charge in [-0.15, -0.1) is 0 Å². The summed E-state index contributed by atoms with van der Waals surface area (Å²) in [5.74, 6) is -3.13. The number of carboxylic acids is 1. The molecular weight excluding hydrogens is 422 g/mol. The van der Waals surface area contributed by atoms with Gasteiger partial charge in [-0.3, -0.25) is 4.40 Å². The minimum absolute atomic E-state index is 0.0948. The van der Waals surface area contributed by atoms with Crippen molar-refractivity contribution in [2.24, 2.45) is 0 Å². The maximum Gasteiger partial charge on any atom is 0.434 e. The summed E-state index contributed by atoms with van der Waals surface area (Å²) in [7, 11) is 0. The van der Waals surface area contributed by atoms with Crippen molar-refractivity contribution in [2.75, 3.05) is 5.73 Å². The van der Waals surface area contributed by atoms with Crippen LogP contribution in [0.25, 0.3) is 16.9 Å². The van der Waals surface area contributed by atoms with Crippen molar-refractivity contribution in [3.05, 3.63) is 47.4 Å². The van der Waals surface area contributed by atoms with Gasteiger partial charge in [0.25, 0.3) is 5.60 Å². The van der Waals surface area contributed by atoms with E-state index in [9.17, 15) is 36.2 Å². The van der Waals surface area contributed by atoms with E-state index in [1.165, 1.54) is 6.92 Å². The van der Waals surface area contributed by atoms with Gasteiger partial charge in [-0.1, -0.05) is 12.1 Å². The van der Waals surface area contributed by atoms with Gasteiger partial charge in [0.05, 0.1) is 11.9 Å². The predicted molar refractivity (Wildman–Crippen MR) is 90.2 cm³/mol. The zero-order valence-corrected chi connectivity index (χ0v) is 14.9. The van der Waals surface area contributed by atoms with Crippen LogP contribution in [-0.4, -0.2) is 36.7 Å². The summed E-state index contributed by atoms with van der Waals surface area (Å²) in [6.45, 7) is 1.43. The number of aryl methyl sites for hydroxylation is 1. The maximum absolute atomic E-state index is 13.3. The average molecular weight is 434 g/mol. The van der Waals surface area contributed by atoms with Crippen LogP contribution < -0.4 is 5.73 Å². The Balaban J connectivity index is 2.30. The van der Waals surface area contributed by atoms with Crippen LogP contribution in [0.1, 0.15) is 16.8 Å². The monoisotopic (exact) mass is 434 g/mol.